The molecule has 0 saturated heterocycles. The van der Waals surface area contributed by atoms with Crippen molar-refractivity contribution in [1.29, 1.82) is 0 Å². The third-order valence-corrected chi connectivity index (χ3v) is 5.49. The van der Waals surface area contributed by atoms with Crippen LogP contribution in [0.4, 0.5) is 5.69 Å². The Bertz CT molecular complexity index is 705. The molecule has 0 bridgehead atoms. The number of rotatable bonds is 16. The first-order valence-corrected chi connectivity index (χ1v) is 11.8. The Kier molecular flexibility index (Phi) is 14.2. The highest BCUT2D eigenvalue weighted by molar-refractivity contribution is 5.97. The van der Waals surface area contributed by atoms with Crippen molar-refractivity contribution in [3.8, 4) is 11.5 Å². The van der Waals surface area contributed by atoms with Crippen molar-refractivity contribution < 1.29 is 9.47 Å². The number of nitrogens with two attached hydrogens (primary N) is 1. The summed E-state index contributed by atoms with van der Waals surface area (Å²) in [6, 6.07) is 10.2. The first kappa shape index (κ1) is 26.4. The van der Waals surface area contributed by atoms with Crippen molar-refractivity contribution in [2.45, 2.75) is 90.9 Å². The fraction of sp³-hybridized carbons (Fsp3) is 0.615. The fourth-order valence-corrected chi connectivity index (χ4v) is 3.74. The summed E-state index contributed by atoms with van der Waals surface area (Å²) >= 11 is 0. The van der Waals surface area contributed by atoms with E-state index in [9.17, 15) is 0 Å². The minimum absolute atomic E-state index is 0. The number of anilines is 1. The molecule has 0 atom stereocenters. The van der Waals surface area contributed by atoms with Crippen molar-refractivity contribution in [2.24, 2.45) is 0 Å². The van der Waals surface area contributed by atoms with Crippen molar-refractivity contribution in [3.63, 3.8) is 0 Å². The van der Waals surface area contributed by atoms with Gasteiger partial charge in [-0.25, -0.2) is 0 Å². The normalized spacial score (nSPS) is 10.7. The molecule has 30 heavy (non-hydrogen) atoms. The summed E-state index contributed by atoms with van der Waals surface area (Å²) in [6.07, 6.45) is 15.1. The molecule has 0 spiro atoms. The van der Waals surface area contributed by atoms with Gasteiger partial charge in [-0.15, -0.1) is 12.4 Å². The molecule has 0 aromatic heterocycles. The van der Waals surface area contributed by atoms with E-state index in [4.69, 9.17) is 15.2 Å². The Morgan fingerprint density at radius 3 is 1.77 bits per heavy atom. The van der Waals surface area contributed by atoms with Gasteiger partial charge in [0.2, 0.25) is 0 Å². The monoisotopic (exact) mass is 435 g/mol. The first-order valence-electron chi connectivity index (χ1n) is 11.8. The van der Waals surface area contributed by atoms with Gasteiger partial charge in [0.1, 0.15) is 11.5 Å². The molecule has 170 valence electrons. The summed E-state index contributed by atoms with van der Waals surface area (Å²) < 4.78 is 12.2. The van der Waals surface area contributed by atoms with E-state index < -0.39 is 0 Å². The molecule has 0 radical (unpaired) electrons. The van der Waals surface area contributed by atoms with Gasteiger partial charge < -0.3 is 15.2 Å². The molecule has 2 N–H and O–H groups in total. The van der Waals surface area contributed by atoms with E-state index in [2.05, 4.69) is 26.0 Å². The lowest BCUT2D eigenvalue weighted by Gasteiger charge is -2.16. The van der Waals surface area contributed by atoms with Crippen molar-refractivity contribution >= 4 is 28.9 Å². The van der Waals surface area contributed by atoms with Crippen molar-refractivity contribution in [3.05, 3.63) is 30.3 Å². The van der Waals surface area contributed by atoms with Crippen LogP contribution < -0.4 is 15.2 Å². The van der Waals surface area contributed by atoms with Crippen LogP contribution in [0.25, 0.3) is 10.8 Å². The number of hydrogen-bond acceptors (Lipinski definition) is 3. The summed E-state index contributed by atoms with van der Waals surface area (Å²) in [6.45, 7) is 5.96. The van der Waals surface area contributed by atoms with Gasteiger partial charge in [0.15, 0.2) is 0 Å². The zero-order chi connectivity index (χ0) is 20.7. The third-order valence-electron chi connectivity index (χ3n) is 5.49. The second-order valence-electron chi connectivity index (χ2n) is 8.07. The van der Waals surface area contributed by atoms with Crippen LogP contribution in [-0.4, -0.2) is 13.2 Å². The van der Waals surface area contributed by atoms with E-state index in [0.717, 1.165) is 48.3 Å². The summed E-state index contributed by atoms with van der Waals surface area (Å²) in [5.74, 6) is 1.68. The van der Waals surface area contributed by atoms with Crippen LogP contribution in [0, 0.1) is 0 Å². The van der Waals surface area contributed by atoms with E-state index in [-0.39, 0.29) is 12.4 Å². The molecular formula is C26H42ClNO2. The molecule has 0 amide bonds. The van der Waals surface area contributed by atoms with Crippen LogP contribution in [-0.2, 0) is 0 Å². The van der Waals surface area contributed by atoms with Crippen LogP contribution in [0.15, 0.2) is 30.3 Å². The van der Waals surface area contributed by atoms with Gasteiger partial charge in [0, 0.05) is 16.8 Å². The number of nitrogen functional groups attached to an aromatic ring is 1. The second-order valence-corrected chi connectivity index (χ2v) is 8.07. The highest BCUT2D eigenvalue weighted by Gasteiger charge is 2.12. The van der Waals surface area contributed by atoms with Crippen LogP contribution in [0.3, 0.4) is 0 Å². The number of unbranched alkanes of at least 4 members (excludes halogenated alkanes) is 10. The molecule has 2 aromatic carbocycles. The Hall–Kier alpha value is -1.61. The van der Waals surface area contributed by atoms with Crippen LogP contribution >= 0.6 is 12.4 Å². The zero-order valence-electron chi connectivity index (χ0n) is 19.1. The predicted octanol–water partition coefficient (Wildman–Crippen LogP) is 8.32. The van der Waals surface area contributed by atoms with E-state index in [1.54, 1.807) is 0 Å². The number of fused-ring (bicyclic) bond motifs is 1. The minimum Gasteiger partial charge on any atom is -0.493 e. The molecule has 0 saturated carbocycles. The standard InChI is InChI=1S/C26H41NO2.ClH/c1-3-5-7-9-11-15-19-28-25-21-24(27)26(23-18-14-13-17-22(23)25)29-20-16-12-10-8-6-4-2;/h13-14,17-18,21H,3-12,15-16,19-20,27H2,1-2H3;1H. The molecule has 2 rings (SSSR count). The van der Waals surface area contributed by atoms with Crippen LogP contribution in [0.2, 0.25) is 0 Å². The average molecular weight is 436 g/mol. The van der Waals surface area contributed by atoms with Gasteiger partial charge in [-0.05, 0) is 12.8 Å². The lowest BCUT2D eigenvalue weighted by Crippen LogP contribution is -2.03. The van der Waals surface area contributed by atoms with Gasteiger partial charge in [0.25, 0.3) is 0 Å². The Morgan fingerprint density at radius 2 is 1.17 bits per heavy atom. The second kappa shape index (κ2) is 16.1. The van der Waals surface area contributed by atoms with E-state index in [0.29, 0.717) is 5.69 Å². The number of ether oxygens (including phenoxy) is 2. The van der Waals surface area contributed by atoms with Gasteiger partial charge in [-0.2, -0.15) is 0 Å². The van der Waals surface area contributed by atoms with E-state index >= 15 is 0 Å². The molecule has 0 aliphatic heterocycles. The van der Waals surface area contributed by atoms with Gasteiger partial charge >= 0.3 is 0 Å². The van der Waals surface area contributed by atoms with E-state index in [1.807, 2.05) is 18.2 Å². The molecular weight excluding hydrogens is 394 g/mol. The molecule has 0 fully saturated rings. The maximum Gasteiger partial charge on any atom is 0.150 e. The van der Waals surface area contributed by atoms with E-state index in [1.165, 1.54) is 64.2 Å². The lowest BCUT2D eigenvalue weighted by atomic mass is 10.1. The SMILES string of the molecule is CCCCCCCCOc1cc(N)c(OCCCCCCCC)c2ccccc12.Cl. The maximum atomic E-state index is 6.35. The number of hydrogen-bond donors (Lipinski definition) is 1. The Labute approximate surface area is 190 Å². The van der Waals surface area contributed by atoms with Gasteiger partial charge in [-0.3, -0.25) is 0 Å². The maximum absolute atomic E-state index is 6.35. The summed E-state index contributed by atoms with van der Waals surface area (Å²) in [5, 5.41) is 2.14. The molecule has 0 aliphatic rings. The fourth-order valence-electron chi connectivity index (χ4n) is 3.74. The number of halogens is 1. The van der Waals surface area contributed by atoms with Crippen molar-refractivity contribution in [1.82, 2.24) is 0 Å². The topological polar surface area (TPSA) is 44.5 Å². The lowest BCUT2D eigenvalue weighted by molar-refractivity contribution is 0.302. The Balaban J connectivity index is 0.00000450. The molecule has 3 nitrogen and oxygen atoms in total. The Morgan fingerprint density at radius 1 is 0.667 bits per heavy atom. The minimum atomic E-state index is 0. The molecule has 0 heterocycles. The van der Waals surface area contributed by atoms with Gasteiger partial charge in [-0.1, -0.05) is 102 Å². The van der Waals surface area contributed by atoms with Crippen LogP contribution in [0.1, 0.15) is 90.9 Å². The molecule has 2 aromatic rings. The molecule has 0 aliphatic carbocycles. The highest BCUT2D eigenvalue weighted by Crippen LogP contribution is 2.38. The zero-order valence-corrected chi connectivity index (χ0v) is 19.9. The predicted molar refractivity (Wildman–Crippen MR) is 133 cm³/mol. The number of benzene rings is 2. The largest absolute Gasteiger partial charge is 0.493 e. The molecule has 0 unspecified atom stereocenters. The summed E-state index contributed by atoms with van der Waals surface area (Å²) in [5.41, 5.74) is 7.02. The van der Waals surface area contributed by atoms with Crippen molar-refractivity contribution in [2.75, 3.05) is 18.9 Å². The van der Waals surface area contributed by atoms with Crippen LogP contribution in [0.5, 0.6) is 11.5 Å². The summed E-state index contributed by atoms with van der Waals surface area (Å²) in [4.78, 5) is 0. The third kappa shape index (κ3) is 9.04. The summed E-state index contributed by atoms with van der Waals surface area (Å²) in [7, 11) is 0. The molecule has 4 heteroatoms. The highest BCUT2D eigenvalue weighted by atomic mass is 35.5. The average Bonchev–Trinajstić information content (AvgIpc) is 2.74. The first-order chi connectivity index (χ1) is 14.3. The van der Waals surface area contributed by atoms with Gasteiger partial charge in [0.05, 0.1) is 18.9 Å². The smallest absolute Gasteiger partial charge is 0.150 e. The quantitative estimate of drug-likeness (QED) is 0.213.